The Morgan fingerprint density at radius 1 is 1.15 bits per heavy atom. The molecule has 5 rings (SSSR count). The van der Waals surface area contributed by atoms with Gasteiger partial charge in [-0.3, -0.25) is 20.0 Å². The molecular weight excluding hydrogens is 444 g/mol. The van der Waals surface area contributed by atoms with E-state index >= 15 is 0 Å². The molecule has 5 aromatic rings. The molecule has 1 aromatic carbocycles. The summed E-state index contributed by atoms with van der Waals surface area (Å²) in [6.45, 7) is 0.265. The maximum absolute atomic E-state index is 13.1. The van der Waals surface area contributed by atoms with E-state index in [0.717, 1.165) is 15.8 Å². The molecule has 0 aliphatic rings. The van der Waals surface area contributed by atoms with Crippen LogP contribution in [-0.4, -0.2) is 37.3 Å². The van der Waals surface area contributed by atoms with Gasteiger partial charge < -0.3 is 4.74 Å². The quantitative estimate of drug-likeness (QED) is 0.431. The minimum atomic E-state index is -0.454. The molecule has 1 amide bonds. The molecule has 10 heteroatoms. The van der Waals surface area contributed by atoms with Gasteiger partial charge in [-0.1, -0.05) is 23.7 Å². The van der Waals surface area contributed by atoms with Crippen molar-refractivity contribution in [1.29, 1.82) is 0 Å². The summed E-state index contributed by atoms with van der Waals surface area (Å²) in [5, 5.41) is 5.58. The van der Waals surface area contributed by atoms with Crippen molar-refractivity contribution >= 4 is 34.1 Å². The Morgan fingerprint density at radius 3 is 2.70 bits per heavy atom. The fraction of sp³-hybridized carbons (Fsp3) is 0.0870. The van der Waals surface area contributed by atoms with E-state index in [9.17, 15) is 9.59 Å². The molecule has 0 fully saturated rings. The number of fused-ring (bicyclic) bond motifs is 3. The Labute approximate surface area is 192 Å². The first-order valence-corrected chi connectivity index (χ1v) is 10.3. The van der Waals surface area contributed by atoms with E-state index in [4.69, 9.17) is 16.3 Å². The fourth-order valence-corrected chi connectivity index (χ4v) is 3.75. The average Bonchev–Trinajstić information content (AvgIpc) is 3.20. The molecule has 0 atom stereocenters. The Bertz CT molecular complexity index is 1540. The lowest BCUT2D eigenvalue weighted by molar-refractivity contribution is 0.101. The van der Waals surface area contributed by atoms with Crippen LogP contribution in [0.5, 0.6) is 0 Å². The predicted octanol–water partition coefficient (Wildman–Crippen LogP) is 3.29. The van der Waals surface area contributed by atoms with E-state index in [1.54, 1.807) is 48.2 Å². The molecule has 0 spiro atoms. The lowest BCUT2D eigenvalue weighted by Crippen LogP contribution is -2.33. The molecule has 0 bridgehead atoms. The highest BCUT2D eigenvalue weighted by molar-refractivity contribution is 6.30. The summed E-state index contributed by atoms with van der Waals surface area (Å²) < 4.78 is 8.07. The van der Waals surface area contributed by atoms with Crippen molar-refractivity contribution in [2.24, 2.45) is 0 Å². The molecule has 33 heavy (non-hydrogen) atoms. The number of halogens is 1. The summed E-state index contributed by atoms with van der Waals surface area (Å²) in [7, 11) is 1.59. The van der Waals surface area contributed by atoms with Gasteiger partial charge in [-0.2, -0.15) is 5.10 Å². The number of amides is 1. The number of nitrogens with one attached hydrogen (secondary N) is 1. The molecule has 0 radical (unpaired) electrons. The summed E-state index contributed by atoms with van der Waals surface area (Å²) in [6.07, 6.45) is 5.96. The first kappa shape index (κ1) is 20.8. The highest BCUT2D eigenvalue weighted by atomic mass is 35.5. The molecule has 0 aliphatic heterocycles. The first-order chi connectivity index (χ1) is 16.1. The number of carbonyl (C=O) groups excluding carboxylic acids is 1. The molecule has 4 aromatic heterocycles. The van der Waals surface area contributed by atoms with Gasteiger partial charge in [0, 0.05) is 36.9 Å². The Morgan fingerprint density at radius 2 is 1.97 bits per heavy atom. The van der Waals surface area contributed by atoms with Gasteiger partial charge in [0.15, 0.2) is 5.65 Å². The zero-order valence-electron chi connectivity index (χ0n) is 17.4. The van der Waals surface area contributed by atoms with E-state index in [1.165, 1.54) is 18.6 Å². The van der Waals surface area contributed by atoms with Crippen molar-refractivity contribution in [1.82, 2.24) is 24.3 Å². The summed E-state index contributed by atoms with van der Waals surface area (Å²) in [5.74, 6) is -0.454. The third-order valence-corrected chi connectivity index (χ3v) is 5.40. The topological polar surface area (TPSA) is 103 Å². The lowest BCUT2D eigenvalue weighted by atomic mass is 10.1. The van der Waals surface area contributed by atoms with Crippen LogP contribution >= 0.6 is 11.6 Å². The van der Waals surface area contributed by atoms with Crippen molar-refractivity contribution in [2.75, 3.05) is 12.5 Å². The Hall–Kier alpha value is -4.08. The smallest absolute Gasteiger partial charge is 0.280 e. The van der Waals surface area contributed by atoms with Gasteiger partial charge in [0.25, 0.3) is 11.5 Å². The van der Waals surface area contributed by atoms with E-state index < -0.39 is 11.5 Å². The molecule has 9 nitrogen and oxygen atoms in total. The van der Waals surface area contributed by atoms with E-state index in [-0.39, 0.29) is 6.61 Å². The van der Waals surface area contributed by atoms with Crippen LogP contribution in [0.25, 0.3) is 27.7 Å². The van der Waals surface area contributed by atoms with E-state index in [1.807, 2.05) is 12.1 Å². The molecule has 0 aliphatic carbocycles. The zero-order valence-corrected chi connectivity index (χ0v) is 18.2. The predicted molar refractivity (Wildman–Crippen MR) is 124 cm³/mol. The summed E-state index contributed by atoms with van der Waals surface area (Å²) in [5.41, 5.74) is 5.95. The van der Waals surface area contributed by atoms with Gasteiger partial charge in [0.1, 0.15) is 0 Å². The third-order valence-electron chi connectivity index (χ3n) is 5.14. The van der Waals surface area contributed by atoms with Crippen LogP contribution in [0.4, 0.5) is 0 Å². The van der Waals surface area contributed by atoms with Crippen molar-refractivity contribution in [3.63, 3.8) is 0 Å². The van der Waals surface area contributed by atoms with Crippen LogP contribution in [0, 0.1) is 0 Å². The average molecular weight is 461 g/mol. The number of aromatic nitrogens is 5. The highest BCUT2D eigenvalue weighted by Crippen LogP contribution is 2.30. The van der Waals surface area contributed by atoms with Crippen molar-refractivity contribution in [3.8, 4) is 11.1 Å². The summed E-state index contributed by atoms with van der Waals surface area (Å²) >= 11 is 6.05. The number of benzene rings is 1. The maximum Gasteiger partial charge on any atom is 0.280 e. The summed E-state index contributed by atoms with van der Waals surface area (Å²) in [6, 6.07) is 12.3. The number of ether oxygens (including phenoxy) is 1. The SMILES string of the molecule is COCc1nn2c(ncc3c(=O)n(NC(=O)c4cccnc4)ccc32)c1-c1ccc(Cl)cc1. The number of hydrogen-bond donors (Lipinski definition) is 1. The van der Waals surface area contributed by atoms with Crippen molar-refractivity contribution < 1.29 is 9.53 Å². The zero-order chi connectivity index (χ0) is 22.9. The highest BCUT2D eigenvalue weighted by Gasteiger charge is 2.19. The summed E-state index contributed by atoms with van der Waals surface area (Å²) in [4.78, 5) is 34.0. The standard InChI is InChI=1S/C23H17ClN6O3/c1-33-13-18-20(14-4-6-16(24)7-5-14)21-26-12-17-19(30(21)27-18)8-10-29(23(17)32)28-22(31)15-3-2-9-25-11-15/h2-12H,13H2,1H3,(H,28,31). The third kappa shape index (κ3) is 3.73. The van der Waals surface area contributed by atoms with Crippen LogP contribution in [-0.2, 0) is 11.3 Å². The van der Waals surface area contributed by atoms with Gasteiger partial charge in [-0.05, 0) is 35.9 Å². The van der Waals surface area contributed by atoms with Crippen LogP contribution in [0.3, 0.4) is 0 Å². The van der Waals surface area contributed by atoms with Gasteiger partial charge >= 0.3 is 0 Å². The number of carbonyl (C=O) groups is 1. The van der Waals surface area contributed by atoms with Gasteiger partial charge in [0.2, 0.25) is 0 Å². The number of methoxy groups -OCH3 is 1. The fourth-order valence-electron chi connectivity index (χ4n) is 3.62. The minimum Gasteiger partial charge on any atom is -0.378 e. The molecule has 164 valence electrons. The molecule has 0 unspecified atom stereocenters. The lowest BCUT2D eigenvalue weighted by Gasteiger charge is -2.09. The monoisotopic (exact) mass is 460 g/mol. The number of rotatable bonds is 5. The number of hydrogen-bond acceptors (Lipinski definition) is 6. The molecular formula is C23H17ClN6O3. The molecule has 0 saturated heterocycles. The normalized spacial score (nSPS) is 11.2. The van der Waals surface area contributed by atoms with Crippen LogP contribution in [0.15, 0.2) is 72.0 Å². The molecule has 4 heterocycles. The molecule has 1 N–H and O–H groups in total. The van der Waals surface area contributed by atoms with E-state index in [2.05, 4.69) is 20.5 Å². The number of pyridine rings is 2. The number of nitrogens with zero attached hydrogens (tertiary/aromatic N) is 5. The van der Waals surface area contributed by atoms with Crippen LogP contribution in [0.2, 0.25) is 5.02 Å². The van der Waals surface area contributed by atoms with Gasteiger partial charge in [0.05, 0.1) is 34.3 Å². The van der Waals surface area contributed by atoms with Crippen LogP contribution < -0.4 is 11.0 Å². The maximum atomic E-state index is 13.1. The van der Waals surface area contributed by atoms with Crippen molar-refractivity contribution in [3.05, 3.63) is 93.9 Å². The second-order valence-electron chi connectivity index (χ2n) is 7.23. The first-order valence-electron chi connectivity index (χ1n) is 9.95. The van der Waals surface area contributed by atoms with Gasteiger partial charge in [-0.15, -0.1) is 0 Å². The Balaban J connectivity index is 1.64. The van der Waals surface area contributed by atoms with Crippen molar-refractivity contribution in [2.45, 2.75) is 6.61 Å². The molecule has 0 saturated carbocycles. The Kier molecular flexibility index (Phi) is 5.33. The second-order valence-corrected chi connectivity index (χ2v) is 7.66. The van der Waals surface area contributed by atoms with Crippen LogP contribution in [0.1, 0.15) is 16.1 Å². The second kappa shape index (κ2) is 8.45. The van der Waals surface area contributed by atoms with E-state index in [0.29, 0.717) is 32.8 Å². The largest absolute Gasteiger partial charge is 0.378 e. The minimum absolute atomic E-state index is 0.265. The van der Waals surface area contributed by atoms with Gasteiger partial charge in [-0.25, -0.2) is 14.2 Å².